The van der Waals surface area contributed by atoms with Gasteiger partial charge in [-0.3, -0.25) is 0 Å². The molecule has 0 saturated heterocycles. The molecule has 0 aromatic rings. The summed E-state index contributed by atoms with van der Waals surface area (Å²) in [5, 5.41) is 1.96. The van der Waals surface area contributed by atoms with Gasteiger partial charge in [0.25, 0.3) is 0 Å². The summed E-state index contributed by atoms with van der Waals surface area (Å²) < 4.78 is 21.8. The van der Waals surface area contributed by atoms with Crippen LogP contribution in [-0.2, 0) is 9.84 Å². The van der Waals surface area contributed by atoms with E-state index in [4.69, 9.17) is 0 Å². The Morgan fingerprint density at radius 3 is 2.50 bits per heavy atom. The lowest BCUT2D eigenvalue weighted by Gasteiger charge is -1.98. The first kappa shape index (κ1) is 8.74. The number of hydrogen-bond donors (Lipinski definition) is 0. The highest BCUT2D eigenvalue weighted by Gasteiger charge is 2.26. The van der Waals surface area contributed by atoms with Crippen molar-refractivity contribution >= 4 is 41.7 Å². The molecule has 0 N–H and O–H groups in total. The van der Waals surface area contributed by atoms with Crippen LogP contribution in [0.4, 0.5) is 0 Å². The highest BCUT2D eigenvalue weighted by Crippen LogP contribution is 2.24. The van der Waals surface area contributed by atoms with Crippen LogP contribution in [0.15, 0.2) is 11.0 Å². The molecule has 5 heteroatoms. The van der Waals surface area contributed by atoms with Gasteiger partial charge in [0.05, 0.1) is 10.6 Å². The van der Waals surface area contributed by atoms with E-state index in [-0.39, 0.29) is 10.6 Å². The lowest BCUT2D eigenvalue weighted by atomic mass is 10.3. The van der Waals surface area contributed by atoms with E-state index in [1.165, 1.54) is 5.41 Å². The van der Waals surface area contributed by atoms with Crippen LogP contribution in [0.25, 0.3) is 0 Å². The van der Waals surface area contributed by atoms with Gasteiger partial charge >= 0.3 is 0 Å². The molecule has 0 aromatic heterocycles. The van der Waals surface area contributed by atoms with E-state index in [9.17, 15) is 8.42 Å². The van der Waals surface area contributed by atoms with Crippen molar-refractivity contribution in [3.05, 3.63) is 11.0 Å². The van der Waals surface area contributed by atoms with Crippen LogP contribution in [0, 0.1) is 0 Å². The standard InChI is InChI=1S/C5H6Br2O2S/c6-1-4-2-10(8,9)3-5(4)7/h2,5H,1,3H2/t5-/m1/s1. The van der Waals surface area contributed by atoms with Crippen molar-refractivity contribution in [1.29, 1.82) is 0 Å². The van der Waals surface area contributed by atoms with Crippen LogP contribution in [0.3, 0.4) is 0 Å². The average molecular weight is 290 g/mol. The van der Waals surface area contributed by atoms with Gasteiger partial charge in [-0.15, -0.1) is 0 Å². The second kappa shape index (κ2) is 2.95. The van der Waals surface area contributed by atoms with Crippen molar-refractivity contribution in [2.45, 2.75) is 4.83 Å². The van der Waals surface area contributed by atoms with E-state index in [1.807, 2.05) is 0 Å². The maximum Gasteiger partial charge on any atom is 0.173 e. The average Bonchev–Trinajstić information content (AvgIpc) is 2.05. The summed E-state index contributed by atoms with van der Waals surface area (Å²) >= 11 is 6.47. The van der Waals surface area contributed by atoms with Gasteiger partial charge in [-0.1, -0.05) is 31.9 Å². The minimum absolute atomic E-state index is 0.0110. The molecule has 58 valence electrons. The minimum Gasteiger partial charge on any atom is -0.224 e. The van der Waals surface area contributed by atoms with Crippen LogP contribution < -0.4 is 0 Å². The molecule has 10 heavy (non-hydrogen) atoms. The van der Waals surface area contributed by atoms with E-state index >= 15 is 0 Å². The maximum atomic E-state index is 10.9. The van der Waals surface area contributed by atoms with E-state index in [2.05, 4.69) is 31.9 Å². The van der Waals surface area contributed by atoms with Gasteiger partial charge in [0.1, 0.15) is 0 Å². The molecule has 0 saturated carbocycles. The Kier molecular flexibility index (Phi) is 2.58. The lowest BCUT2D eigenvalue weighted by molar-refractivity contribution is 0.606. The zero-order valence-electron chi connectivity index (χ0n) is 5.05. The summed E-state index contributed by atoms with van der Waals surface area (Å²) in [4.78, 5) is 0.0110. The van der Waals surface area contributed by atoms with Crippen molar-refractivity contribution in [2.24, 2.45) is 0 Å². The Balaban J connectivity index is 2.94. The maximum absolute atomic E-state index is 10.9. The largest absolute Gasteiger partial charge is 0.224 e. The quantitative estimate of drug-likeness (QED) is 0.685. The molecule has 0 radical (unpaired) electrons. The molecule has 0 unspecified atom stereocenters. The molecule has 0 spiro atoms. The summed E-state index contributed by atoms with van der Waals surface area (Å²) in [6.45, 7) is 0. The van der Waals surface area contributed by atoms with Gasteiger partial charge in [0.15, 0.2) is 9.84 Å². The fourth-order valence-corrected chi connectivity index (χ4v) is 4.98. The third kappa shape index (κ3) is 1.83. The normalized spacial score (nSPS) is 30.2. The van der Waals surface area contributed by atoms with Crippen molar-refractivity contribution in [3.8, 4) is 0 Å². The van der Waals surface area contributed by atoms with E-state index < -0.39 is 9.84 Å². The molecule has 0 bridgehead atoms. The van der Waals surface area contributed by atoms with Crippen LogP contribution in [0.2, 0.25) is 0 Å². The molecule has 2 nitrogen and oxygen atoms in total. The van der Waals surface area contributed by atoms with Gasteiger partial charge < -0.3 is 0 Å². The van der Waals surface area contributed by atoms with Crippen molar-refractivity contribution < 1.29 is 8.42 Å². The summed E-state index contributed by atoms with van der Waals surface area (Å²) in [6, 6.07) is 0. The summed E-state index contributed by atoms with van der Waals surface area (Å²) in [5.74, 6) is 0.202. The molecule has 0 fully saturated rings. The van der Waals surface area contributed by atoms with Crippen molar-refractivity contribution in [2.75, 3.05) is 11.1 Å². The van der Waals surface area contributed by atoms with Gasteiger partial charge in [0.2, 0.25) is 0 Å². The molecule has 1 aliphatic heterocycles. The Labute approximate surface area is 76.9 Å². The predicted molar refractivity (Wildman–Crippen MR) is 48.4 cm³/mol. The van der Waals surface area contributed by atoms with Gasteiger partial charge in [-0.05, 0) is 5.57 Å². The fourth-order valence-electron chi connectivity index (χ4n) is 0.779. The molecule has 1 rings (SSSR count). The SMILES string of the molecule is O=S1(=O)C=C(CBr)[C@H](Br)C1. The fraction of sp³-hybridized carbons (Fsp3) is 0.600. The summed E-state index contributed by atoms with van der Waals surface area (Å²) in [5.41, 5.74) is 0.903. The third-order valence-electron chi connectivity index (χ3n) is 1.27. The number of halogens is 2. The monoisotopic (exact) mass is 288 g/mol. The van der Waals surface area contributed by atoms with E-state index in [1.54, 1.807) is 0 Å². The van der Waals surface area contributed by atoms with Crippen LogP contribution in [0.1, 0.15) is 0 Å². The first-order valence-corrected chi connectivity index (χ1v) is 6.43. The van der Waals surface area contributed by atoms with Crippen molar-refractivity contribution in [1.82, 2.24) is 0 Å². The minimum atomic E-state index is -2.90. The van der Waals surface area contributed by atoms with Gasteiger partial charge in [-0.25, -0.2) is 8.42 Å². The van der Waals surface area contributed by atoms with Gasteiger partial charge in [-0.2, -0.15) is 0 Å². The number of hydrogen-bond acceptors (Lipinski definition) is 2. The predicted octanol–water partition coefficient (Wildman–Crippen LogP) is 1.46. The highest BCUT2D eigenvalue weighted by molar-refractivity contribution is 9.10. The molecule has 0 aromatic carbocycles. The molecule has 1 atom stereocenters. The lowest BCUT2D eigenvalue weighted by Crippen LogP contribution is -2.06. The summed E-state index contributed by atoms with van der Waals surface area (Å²) in [6.07, 6.45) is 0. The molecule has 1 aliphatic rings. The van der Waals surface area contributed by atoms with Gasteiger partial charge in [0, 0.05) is 10.7 Å². The second-order valence-electron chi connectivity index (χ2n) is 2.12. The molecular weight excluding hydrogens is 284 g/mol. The van der Waals surface area contributed by atoms with Crippen LogP contribution in [-0.4, -0.2) is 24.3 Å². The Morgan fingerprint density at radius 1 is 1.70 bits per heavy atom. The topological polar surface area (TPSA) is 34.1 Å². The Hall–Kier alpha value is 0.650. The third-order valence-corrected chi connectivity index (χ3v) is 4.71. The molecule has 0 amide bonds. The molecule has 0 aliphatic carbocycles. The first-order valence-electron chi connectivity index (χ1n) is 2.68. The smallest absolute Gasteiger partial charge is 0.173 e. The summed E-state index contributed by atoms with van der Waals surface area (Å²) in [7, 11) is -2.90. The van der Waals surface area contributed by atoms with Crippen LogP contribution >= 0.6 is 31.9 Å². The second-order valence-corrected chi connectivity index (χ2v) is 5.68. The molecule has 1 heterocycles. The molecular formula is C5H6Br2O2S. The Morgan fingerprint density at radius 2 is 2.30 bits per heavy atom. The van der Waals surface area contributed by atoms with E-state index in [0.29, 0.717) is 5.33 Å². The van der Waals surface area contributed by atoms with E-state index in [0.717, 1.165) is 5.57 Å². The van der Waals surface area contributed by atoms with Crippen molar-refractivity contribution in [3.63, 3.8) is 0 Å². The first-order chi connectivity index (χ1) is 4.55. The highest BCUT2D eigenvalue weighted by atomic mass is 79.9. The number of rotatable bonds is 1. The zero-order valence-corrected chi connectivity index (χ0v) is 9.04. The Bertz CT molecular complexity index is 255. The zero-order chi connectivity index (χ0) is 7.78. The number of sulfone groups is 1. The number of alkyl halides is 2. The van der Waals surface area contributed by atoms with Crippen LogP contribution in [0.5, 0.6) is 0 Å². The number of allylic oxidation sites excluding steroid dienone is 1.